The quantitative estimate of drug-likeness (QED) is 0.630. The van der Waals surface area contributed by atoms with Gasteiger partial charge < -0.3 is 14.0 Å². The lowest BCUT2D eigenvalue weighted by molar-refractivity contribution is -0.0613. The molecule has 5 heteroatoms. The normalized spacial score (nSPS) is 34.4. The Kier molecular flexibility index (Phi) is 5.56. The van der Waals surface area contributed by atoms with Crippen molar-refractivity contribution in [2.45, 2.75) is 121 Å². The van der Waals surface area contributed by atoms with Crippen LogP contribution in [-0.2, 0) is 8.85 Å². The van der Waals surface area contributed by atoms with Crippen LogP contribution in [0.15, 0.2) is 0 Å². The van der Waals surface area contributed by atoms with Gasteiger partial charge in [-0.1, -0.05) is 41.5 Å². The Hall–Kier alpha value is 0.314. The van der Waals surface area contributed by atoms with Crippen molar-refractivity contribution in [3.8, 4) is 0 Å². The van der Waals surface area contributed by atoms with E-state index in [-0.39, 0.29) is 33.8 Å². The maximum Gasteiger partial charge on any atom is 0.192 e. The first-order valence-corrected chi connectivity index (χ1v) is 15.9. The molecule has 3 nitrogen and oxygen atoms in total. The van der Waals surface area contributed by atoms with E-state index in [2.05, 4.69) is 67.7 Å². The van der Waals surface area contributed by atoms with Crippen LogP contribution in [0.4, 0.5) is 0 Å². The van der Waals surface area contributed by atoms with E-state index in [0.717, 1.165) is 25.7 Å². The molecule has 0 aromatic rings. The summed E-state index contributed by atoms with van der Waals surface area (Å²) >= 11 is 0. The van der Waals surface area contributed by atoms with Crippen LogP contribution in [0.5, 0.6) is 0 Å². The highest BCUT2D eigenvalue weighted by molar-refractivity contribution is 6.74. The van der Waals surface area contributed by atoms with Gasteiger partial charge in [-0.05, 0) is 61.9 Å². The predicted molar refractivity (Wildman–Crippen MR) is 111 cm³/mol. The molecular weight excluding hydrogens is 344 g/mol. The first-order chi connectivity index (χ1) is 11.0. The molecule has 0 aromatic carbocycles. The van der Waals surface area contributed by atoms with Crippen LogP contribution >= 0.6 is 0 Å². The highest BCUT2D eigenvalue weighted by atomic mass is 28.4. The van der Waals surface area contributed by atoms with Crippen LogP contribution in [0, 0.1) is 5.92 Å². The third kappa shape index (κ3) is 3.82. The van der Waals surface area contributed by atoms with Crippen molar-refractivity contribution in [3.63, 3.8) is 0 Å². The fraction of sp³-hybridized carbons (Fsp3) is 1.00. The number of hydrogen-bond acceptors (Lipinski definition) is 3. The van der Waals surface area contributed by atoms with E-state index in [9.17, 15) is 5.11 Å². The minimum Gasteiger partial charge on any atom is -0.411 e. The molecule has 1 unspecified atom stereocenters. The van der Waals surface area contributed by atoms with Crippen molar-refractivity contribution in [3.05, 3.63) is 0 Å². The summed E-state index contributed by atoms with van der Waals surface area (Å²) < 4.78 is 14.0. The molecule has 0 spiro atoms. The summed E-state index contributed by atoms with van der Waals surface area (Å²) in [4.78, 5) is 0. The molecule has 0 radical (unpaired) electrons. The van der Waals surface area contributed by atoms with Crippen molar-refractivity contribution in [2.75, 3.05) is 0 Å². The van der Waals surface area contributed by atoms with Crippen molar-refractivity contribution in [1.82, 2.24) is 0 Å². The van der Waals surface area contributed by atoms with Gasteiger partial charge in [-0.15, -0.1) is 0 Å². The van der Waals surface area contributed by atoms with Gasteiger partial charge in [0.1, 0.15) is 0 Å². The van der Waals surface area contributed by atoms with E-state index in [1.54, 1.807) is 0 Å². The Bertz CT molecular complexity index is 490. The second kappa shape index (κ2) is 6.44. The number of rotatable bonds is 4. The molecule has 0 heterocycles. The zero-order chi connectivity index (χ0) is 19.5. The van der Waals surface area contributed by atoms with E-state index in [0.29, 0.717) is 0 Å². The number of aliphatic hydroxyl groups is 1. The largest absolute Gasteiger partial charge is 0.411 e. The van der Waals surface area contributed by atoms with Crippen molar-refractivity contribution in [1.29, 1.82) is 0 Å². The highest BCUT2D eigenvalue weighted by Crippen LogP contribution is 2.56. The van der Waals surface area contributed by atoms with Crippen molar-refractivity contribution >= 4 is 16.6 Å². The minimum atomic E-state index is -1.93. The second-order valence-corrected chi connectivity index (χ2v) is 21.0. The highest BCUT2D eigenvalue weighted by Gasteiger charge is 2.62. The zero-order valence-corrected chi connectivity index (χ0v) is 20.3. The van der Waals surface area contributed by atoms with Gasteiger partial charge in [0.05, 0.1) is 17.8 Å². The third-order valence-corrected chi connectivity index (χ3v) is 16.7. The van der Waals surface area contributed by atoms with Crippen molar-refractivity contribution < 1.29 is 14.0 Å². The molecule has 4 atom stereocenters. The topological polar surface area (TPSA) is 38.7 Å². The number of aliphatic hydroxyl groups excluding tert-OH is 1. The molecule has 148 valence electrons. The molecule has 2 aliphatic rings. The van der Waals surface area contributed by atoms with Crippen LogP contribution in [-0.4, -0.2) is 39.6 Å². The molecule has 0 amide bonds. The fourth-order valence-electron chi connectivity index (χ4n) is 4.01. The molecule has 0 aromatic heterocycles. The number of hydrogen-bond donors (Lipinski definition) is 1. The van der Waals surface area contributed by atoms with Crippen LogP contribution in [0.3, 0.4) is 0 Å². The molecule has 0 bridgehead atoms. The Labute approximate surface area is 158 Å². The fourth-order valence-corrected chi connectivity index (χ4v) is 7.03. The Morgan fingerprint density at radius 3 is 1.84 bits per heavy atom. The van der Waals surface area contributed by atoms with Gasteiger partial charge in [0.25, 0.3) is 0 Å². The lowest BCUT2D eigenvalue weighted by Gasteiger charge is -2.49. The molecule has 2 rings (SSSR count). The molecule has 0 aliphatic heterocycles. The van der Waals surface area contributed by atoms with E-state index < -0.39 is 16.6 Å². The summed E-state index contributed by atoms with van der Waals surface area (Å²) in [5.41, 5.74) is -0.266. The van der Waals surface area contributed by atoms with Gasteiger partial charge in [-0.3, -0.25) is 0 Å². The first-order valence-electron chi connectivity index (χ1n) is 10.1. The molecule has 0 saturated heterocycles. The third-order valence-electron chi connectivity index (χ3n) is 7.70. The van der Waals surface area contributed by atoms with Crippen LogP contribution in [0.2, 0.25) is 36.3 Å². The monoisotopic (exact) mass is 386 g/mol. The van der Waals surface area contributed by atoms with E-state index in [4.69, 9.17) is 8.85 Å². The van der Waals surface area contributed by atoms with Gasteiger partial charge >= 0.3 is 0 Å². The van der Waals surface area contributed by atoms with Gasteiger partial charge in [0, 0.05) is 5.92 Å². The summed E-state index contributed by atoms with van der Waals surface area (Å²) in [7, 11) is -3.80. The SMILES string of the molecule is CC(C)(C)[Si](C)(C)O[C@H]1CCC2[C@@H](O)CC[C@]21O[Si](C)(C)C(C)(C)C. The molecule has 2 saturated carbocycles. The molecule has 1 N–H and O–H groups in total. The zero-order valence-electron chi connectivity index (χ0n) is 18.3. The van der Waals surface area contributed by atoms with Gasteiger partial charge in [0.2, 0.25) is 0 Å². The lowest BCUT2D eigenvalue weighted by atomic mass is 9.92. The number of fused-ring (bicyclic) bond motifs is 1. The van der Waals surface area contributed by atoms with E-state index >= 15 is 0 Å². The predicted octanol–water partition coefficient (Wildman–Crippen LogP) is 5.70. The lowest BCUT2D eigenvalue weighted by Crippen LogP contribution is -2.58. The maximum absolute atomic E-state index is 10.6. The summed E-state index contributed by atoms with van der Waals surface area (Å²) in [6.07, 6.45) is 3.79. The Balaban J connectivity index is 2.35. The average Bonchev–Trinajstić information content (AvgIpc) is 2.86. The minimum absolute atomic E-state index is 0.143. The Morgan fingerprint density at radius 2 is 1.36 bits per heavy atom. The first kappa shape index (κ1) is 21.6. The molecule has 2 fully saturated rings. The smallest absolute Gasteiger partial charge is 0.192 e. The van der Waals surface area contributed by atoms with E-state index in [1.165, 1.54) is 0 Å². The molecular formula is C20H42O3Si2. The van der Waals surface area contributed by atoms with E-state index in [1.807, 2.05) is 0 Å². The summed E-state index contributed by atoms with van der Waals surface area (Å²) in [5, 5.41) is 11.0. The standard InChI is InChI=1S/C20H42O3Si2/c1-18(2,3)24(7,8)22-17-12-11-15-16(21)13-14-20(15,17)23-25(9,10)19(4,5)6/h15-17,21H,11-14H2,1-10H3/t15?,16-,17-,20-/m0/s1. The summed E-state index contributed by atoms with van der Waals surface area (Å²) in [6, 6.07) is 0. The van der Waals surface area contributed by atoms with Gasteiger partial charge in [-0.25, -0.2) is 0 Å². The van der Waals surface area contributed by atoms with Crippen molar-refractivity contribution in [2.24, 2.45) is 5.92 Å². The van der Waals surface area contributed by atoms with Gasteiger partial charge in [0.15, 0.2) is 16.6 Å². The molecule has 2 aliphatic carbocycles. The van der Waals surface area contributed by atoms with Gasteiger partial charge in [-0.2, -0.15) is 0 Å². The average molecular weight is 387 g/mol. The second-order valence-electron chi connectivity index (χ2n) is 11.5. The summed E-state index contributed by atoms with van der Waals surface area (Å²) in [6.45, 7) is 23.2. The summed E-state index contributed by atoms with van der Waals surface area (Å²) in [5.74, 6) is 0.247. The molecule has 25 heavy (non-hydrogen) atoms. The van der Waals surface area contributed by atoms with Crippen LogP contribution in [0.25, 0.3) is 0 Å². The maximum atomic E-state index is 10.6. The van der Waals surface area contributed by atoms with Crippen LogP contribution in [0.1, 0.15) is 67.2 Å². The van der Waals surface area contributed by atoms with Crippen LogP contribution < -0.4 is 0 Å². The Morgan fingerprint density at radius 1 is 0.840 bits per heavy atom.